The fourth-order valence-electron chi connectivity index (χ4n) is 2.34. The molecule has 2 rings (SSSR count). The number of hydrogen-bond donors (Lipinski definition) is 1. The summed E-state index contributed by atoms with van der Waals surface area (Å²) in [5.41, 5.74) is -0.546. The number of carbonyl (C=O) groups excluding carboxylic acids is 3. The van der Waals surface area contributed by atoms with E-state index in [1.165, 1.54) is 7.11 Å². The van der Waals surface area contributed by atoms with Gasteiger partial charge >= 0.3 is 12.0 Å². The molecular weight excluding hydrogens is 296 g/mol. The summed E-state index contributed by atoms with van der Waals surface area (Å²) in [6.45, 7) is 1.38. The van der Waals surface area contributed by atoms with Crippen molar-refractivity contribution in [2.75, 3.05) is 13.7 Å². The number of esters is 1. The van der Waals surface area contributed by atoms with Crippen molar-refractivity contribution < 1.29 is 19.1 Å². The van der Waals surface area contributed by atoms with Crippen LogP contribution in [0.1, 0.15) is 18.9 Å². The molecule has 0 spiro atoms. The van der Waals surface area contributed by atoms with Crippen LogP contribution in [0.5, 0.6) is 0 Å². The van der Waals surface area contributed by atoms with Crippen molar-refractivity contribution in [3.05, 3.63) is 34.9 Å². The predicted molar refractivity (Wildman–Crippen MR) is 75.7 cm³/mol. The molecule has 0 radical (unpaired) electrons. The first kappa shape index (κ1) is 15.3. The maximum Gasteiger partial charge on any atom is 0.325 e. The van der Waals surface area contributed by atoms with Crippen LogP contribution in [0.15, 0.2) is 24.3 Å². The molecule has 3 amide bonds. The van der Waals surface area contributed by atoms with Crippen LogP contribution in [0.25, 0.3) is 0 Å². The highest BCUT2D eigenvalue weighted by molar-refractivity contribution is 6.30. The molecule has 0 aliphatic carbocycles. The number of amides is 3. The summed E-state index contributed by atoms with van der Waals surface area (Å²) in [6.07, 6.45) is 0.358. The Morgan fingerprint density at radius 2 is 1.95 bits per heavy atom. The summed E-state index contributed by atoms with van der Waals surface area (Å²) in [5, 5.41) is 3.20. The second-order valence-corrected chi connectivity index (χ2v) is 5.10. The molecule has 21 heavy (non-hydrogen) atoms. The Bertz CT molecular complexity index is 587. The number of carbonyl (C=O) groups is 3. The third-order valence-corrected chi connectivity index (χ3v) is 3.81. The quantitative estimate of drug-likeness (QED) is 0.678. The molecular formula is C14H15ClN2O4. The van der Waals surface area contributed by atoms with E-state index in [4.69, 9.17) is 11.6 Å². The largest absolute Gasteiger partial charge is 0.468 e. The molecule has 1 aromatic carbocycles. The molecule has 112 valence electrons. The van der Waals surface area contributed by atoms with Crippen molar-refractivity contribution in [3.63, 3.8) is 0 Å². The Morgan fingerprint density at radius 1 is 1.33 bits per heavy atom. The summed E-state index contributed by atoms with van der Waals surface area (Å²) in [6, 6.07) is 6.06. The van der Waals surface area contributed by atoms with E-state index in [2.05, 4.69) is 10.1 Å². The van der Waals surface area contributed by atoms with Crippen LogP contribution in [0.4, 0.5) is 4.79 Å². The van der Waals surface area contributed by atoms with Crippen molar-refractivity contribution in [1.29, 1.82) is 0 Å². The van der Waals surface area contributed by atoms with Gasteiger partial charge in [-0.15, -0.1) is 0 Å². The van der Waals surface area contributed by atoms with E-state index in [-0.39, 0.29) is 0 Å². The number of hydrogen-bond acceptors (Lipinski definition) is 4. The van der Waals surface area contributed by atoms with Crippen LogP contribution < -0.4 is 5.32 Å². The summed E-state index contributed by atoms with van der Waals surface area (Å²) >= 11 is 5.84. The maximum atomic E-state index is 12.6. The molecule has 7 heteroatoms. The molecule has 1 atom stereocenters. The number of urea groups is 1. The topological polar surface area (TPSA) is 75.7 Å². The van der Waals surface area contributed by atoms with Gasteiger partial charge in [-0.1, -0.05) is 30.7 Å². The van der Waals surface area contributed by atoms with Crippen molar-refractivity contribution in [3.8, 4) is 0 Å². The summed E-state index contributed by atoms with van der Waals surface area (Å²) in [4.78, 5) is 36.8. The first-order chi connectivity index (χ1) is 9.94. The van der Waals surface area contributed by atoms with Crippen LogP contribution in [0.3, 0.4) is 0 Å². The maximum absolute atomic E-state index is 12.6. The lowest BCUT2D eigenvalue weighted by Gasteiger charge is -2.25. The molecule has 1 aliphatic rings. The Balaban J connectivity index is 2.37. The zero-order valence-corrected chi connectivity index (χ0v) is 12.4. The van der Waals surface area contributed by atoms with Crippen molar-refractivity contribution in [2.24, 2.45) is 0 Å². The molecule has 0 bridgehead atoms. The third-order valence-electron chi connectivity index (χ3n) is 3.56. The van der Waals surface area contributed by atoms with Gasteiger partial charge in [-0.2, -0.15) is 0 Å². The van der Waals surface area contributed by atoms with Gasteiger partial charge in [0.15, 0.2) is 0 Å². The highest BCUT2D eigenvalue weighted by atomic mass is 35.5. The van der Waals surface area contributed by atoms with E-state index in [1.54, 1.807) is 31.2 Å². The molecule has 0 saturated carbocycles. The molecule has 1 unspecified atom stereocenters. The number of nitrogens with one attached hydrogen (secondary N) is 1. The van der Waals surface area contributed by atoms with Crippen molar-refractivity contribution >= 4 is 29.5 Å². The zero-order valence-electron chi connectivity index (χ0n) is 11.7. The molecule has 1 saturated heterocycles. The zero-order chi connectivity index (χ0) is 15.6. The molecule has 1 heterocycles. The average molecular weight is 311 g/mol. The minimum Gasteiger partial charge on any atom is -0.468 e. The average Bonchev–Trinajstić information content (AvgIpc) is 2.73. The van der Waals surface area contributed by atoms with Crippen molar-refractivity contribution in [2.45, 2.75) is 18.9 Å². The van der Waals surface area contributed by atoms with E-state index >= 15 is 0 Å². The normalized spacial score (nSPS) is 21.4. The lowest BCUT2D eigenvalue weighted by Crippen LogP contribution is -2.43. The number of ether oxygens (including phenoxy) is 1. The van der Waals surface area contributed by atoms with E-state index in [9.17, 15) is 14.4 Å². The Kier molecular flexibility index (Phi) is 4.18. The minimum atomic E-state index is -1.17. The highest BCUT2D eigenvalue weighted by Crippen LogP contribution is 2.32. The standard InChI is InChI=1S/C14H15ClN2O4/c1-3-14(9-4-6-10(15)7-5-9)12(19)17(13(20)16-14)8-11(18)21-2/h4-7H,3,8H2,1-2H3,(H,16,20). The van der Waals surface area contributed by atoms with Gasteiger partial charge in [-0.05, 0) is 24.1 Å². The molecule has 6 nitrogen and oxygen atoms in total. The highest BCUT2D eigenvalue weighted by Gasteiger charge is 2.51. The van der Waals surface area contributed by atoms with E-state index < -0.39 is 30.0 Å². The molecule has 1 fully saturated rings. The molecule has 1 N–H and O–H groups in total. The van der Waals surface area contributed by atoms with E-state index in [0.29, 0.717) is 17.0 Å². The SMILES string of the molecule is CCC1(c2ccc(Cl)cc2)NC(=O)N(CC(=O)OC)C1=O. The Morgan fingerprint density at radius 3 is 2.48 bits per heavy atom. The van der Waals surface area contributed by atoms with Gasteiger partial charge in [0.2, 0.25) is 0 Å². The van der Waals surface area contributed by atoms with Crippen LogP contribution in [-0.2, 0) is 19.9 Å². The fraction of sp³-hybridized carbons (Fsp3) is 0.357. The first-order valence-electron chi connectivity index (χ1n) is 6.41. The second kappa shape index (κ2) is 5.73. The fourth-order valence-corrected chi connectivity index (χ4v) is 2.46. The van der Waals surface area contributed by atoms with Crippen LogP contribution >= 0.6 is 11.6 Å². The lowest BCUT2D eigenvalue weighted by molar-refractivity contribution is -0.145. The summed E-state index contributed by atoms with van der Waals surface area (Å²) < 4.78 is 4.50. The lowest BCUT2D eigenvalue weighted by atomic mass is 9.87. The molecule has 1 aromatic rings. The summed E-state index contributed by atoms with van der Waals surface area (Å²) in [5.74, 6) is -1.12. The first-order valence-corrected chi connectivity index (χ1v) is 6.79. The van der Waals surface area contributed by atoms with Crippen LogP contribution in [-0.4, -0.2) is 36.5 Å². The van der Waals surface area contributed by atoms with Crippen LogP contribution in [0.2, 0.25) is 5.02 Å². The number of imide groups is 1. The van der Waals surface area contributed by atoms with Gasteiger partial charge in [0, 0.05) is 5.02 Å². The van der Waals surface area contributed by atoms with Gasteiger partial charge in [0.25, 0.3) is 5.91 Å². The number of halogens is 1. The van der Waals surface area contributed by atoms with Crippen LogP contribution in [0, 0.1) is 0 Å². The van der Waals surface area contributed by atoms with Gasteiger partial charge in [-0.3, -0.25) is 14.5 Å². The molecule has 1 aliphatic heterocycles. The minimum absolute atomic E-state index is 0.358. The smallest absolute Gasteiger partial charge is 0.325 e. The summed E-state index contributed by atoms with van der Waals surface area (Å²) in [7, 11) is 1.20. The van der Waals surface area contributed by atoms with Gasteiger partial charge in [0.1, 0.15) is 12.1 Å². The third kappa shape index (κ3) is 2.58. The number of nitrogens with zero attached hydrogens (tertiary/aromatic N) is 1. The van der Waals surface area contributed by atoms with Gasteiger partial charge in [-0.25, -0.2) is 4.79 Å². The van der Waals surface area contributed by atoms with Crippen molar-refractivity contribution in [1.82, 2.24) is 10.2 Å². The predicted octanol–water partition coefficient (Wildman–Crippen LogP) is 1.67. The van der Waals surface area contributed by atoms with E-state index in [1.807, 2.05) is 0 Å². The monoisotopic (exact) mass is 310 g/mol. The Hall–Kier alpha value is -2.08. The number of methoxy groups -OCH3 is 1. The van der Waals surface area contributed by atoms with Gasteiger partial charge < -0.3 is 10.1 Å². The van der Waals surface area contributed by atoms with Gasteiger partial charge in [0.05, 0.1) is 7.11 Å². The number of rotatable bonds is 4. The van der Waals surface area contributed by atoms with E-state index in [0.717, 1.165) is 4.90 Å². The second-order valence-electron chi connectivity index (χ2n) is 4.66. The Labute approximate surface area is 127 Å². The molecule has 0 aromatic heterocycles. The number of benzene rings is 1.